The molecular formula is C14H11F2NO3. The van der Waals surface area contributed by atoms with Gasteiger partial charge in [0.25, 0.3) is 0 Å². The summed E-state index contributed by atoms with van der Waals surface area (Å²) in [7, 11) is 0. The molecule has 0 unspecified atom stereocenters. The van der Waals surface area contributed by atoms with Crippen LogP contribution in [0.5, 0.6) is 5.75 Å². The molecule has 0 saturated carbocycles. The molecule has 6 heteroatoms. The molecule has 1 N–H and O–H groups in total. The molecule has 4 nitrogen and oxygen atoms in total. The van der Waals surface area contributed by atoms with Crippen LogP contribution in [0.25, 0.3) is 11.3 Å². The van der Waals surface area contributed by atoms with E-state index in [1.165, 1.54) is 24.3 Å². The summed E-state index contributed by atoms with van der Waals surface area (Å²) in [6, 6.07) is 9.04. The summed E-state index contributed by atoms with van der Waals surface area (Å²) in [6.45, 7) is -1.32. The highest BCUT2D eigenvalue weighted by atomic mass is 19.3. The maximum atomic E-state index is 12.2. The number of aryl methyl sites for hydroxylation is 1. The van der Waals surface area contributed by atoms with Crippen molar-refractivity contribution in [3.8, 4) is 17.0 Å². The van der Waals surface area contributed by atoms with Crippen molar-refractivity contribution >= 4 is 5.97 Å². The van der Waals surface area contributed by atoms with E-state index >= 15 is 0 Å². The Kier molecular flexibility index (Phi) is 3.93. The minimum atomic E-state index is -2.89. The van der Waals surface area contributed by atoms with Crippen molar-refractivity contribution in [3.63, 3.8) is 0 Å². The Morgan fingerprint density at radius 2 is 2.05 bits per heavy atom. The van der Waals surface area contributed by atoms with E-state index in [0.29, 0.717) is 17.0 Å². The van der Waals surface area contributed by atoms with Gasteiger partial charge in [-0.3, -0.25) is 4.98 Å². The van der Waals surface area contributed by atoms with E-state index in [1.807, 2.05) is 0 Å². The van der Waals surface area contributed by atoms with E-state index < -0.39 is 12.6 Å². The monoisotopic (exact) mass is 279 g/mol. The smallest absolute Gasteiger partial charge is 0.387 e. The molecule has 0 saturated heterocycles. The van der Waals surface area contributed by atoms with Gasteiger partial charge in [0.2, 0.25) is 0 Å². The summed E-state index contributed by atoms with van der Waals surface area (Å²) in [5, 5.41) is 8.93. The number of ether oxygens (including phenoxy) is 1. The Balaban J connectivity index is 2.36. The van der Waals surface area contributed by atoms with Crippen LogP contribution >= 0.6 is 0 Å². The van der Waals surface area contributed by atoms with Crippen molar-refractivity contribution in [1.29, 1.82) is 0 Å². The molecule has 2 rings (SSSR count). The van der Waals surface area contributed by atoms with Crippen LogP contribution in [0.4, 0.5) is 8.78 Å². The van der Waals surface area contributed by atoms with Crippen LogP contribution < -0.4 is 4.74 Å². The molecule has 20 heavy (non-hydrogen) atoms. The normalized spacial score (nSPS) is 10.6. The van der Waals surface area contributed by atoms with Crippen LogP contribution in [-0.2, 0) is 0 Å². The van der Waals surface area contributed by atoms with Gasteiger partial charge in [-0.15, -0.1) is 0 Å². The number of carboxylic acids is 1. The summed E-state index contributed by atoms with van der Waals surface area (Å²) < 4.78 is 28.6. The zero-order valence-corrected chi connectivity index (χ0v) is 10.5. The number of aromatic nitrogens is 1. The highest BCUT2D eigenvalue weighted by Crippen LogP contribution is 2.24. The summed E-state index contributed by atoms with van der Waals surface area (Å²) in [5.41, 5.74) is 1.53. The van der Waals surface area contributed by atoms with Crippen LogP contribution in [0.15, 0.2) is 36.4 Å². The van der Waals surface area contributed by atoms with Gasteiger partial charge in [-0.05, 0) is 31.2 Å². The average Bonchev–Trinajstić information content (AvgIpc) is 2.37. The van der Waals surface area contributed by atoms with E-state index in [4.69, 9.17) is 5.11 Å². The maximum absolute atomic E-state index is 12.2. The third kappa shape index (κ3) is 3.09. The predicted octanol–water partition coefficient (Wildman–Crippen LogP) is 3.36. The second-order valence-corrected chi connectivity index (χ2v) is 4.04. The standard InChI is InChI=1S/C14H11F2NO3/c1-8-11(13(18)19)5-6-12(17-8)9-3-2-4-10(7-9)20-14(15)16/h2-7,14H,1H3,(H,18,19). The fourth-order valence-corrected chi connectivity index (χ4v) is 1.78. The zero-order chi connectivity index (χ0) is 14.7. The lowest BCUT2D eigenvalue weighted by Crippen LogP contribution is -2.03. The number of pyridine rings is 1. The van der Waals surface area contributed by atoms with Crippen LogP contribution in [0.2, 0.25) is 0 Å². The summed E-state index contributed by atoms with van der Waals surface area (Å²) in [5.74, 6) is -1.03. The molecule has 1 aromatic heterocycles. The molecule has 0 amide bonds. The quantitative estimate of drug-likeness (QED) is 0.932. The Morgan fingerprint density at radius 1 is 1.30 bits per heavy atom. The number of hydrogen-bond acceptors (Lipinski definition) is 3. The molecule has 0 bridgehead atoms. The first-order valence-corrected chi connectivity index (χ1v) is 5.73. The average molecular weight is 279 g/mol. The van der Waals surface area contributed by atoms with Crippen LogP contribution in [0.1, 0.15) is 16.1 Å². The van der Waals surface area contributed by atoms with Gasteiger partial charge in [-0.1, -0.05) is 12.1 Å². The Hall–Kier alpha value is -2.50. The lowest BCUT2D eigenvalue weighted by molar-refractivity contribution is -0.0498. The topological polar surface area (TPSA) is 59.4 Å². The molecule has 0 aliphatic carbocycles. The van der Waals surface area contributed by atoms with E-state index in [9.17, 15) is 13.6 Å². The minimum Gasteiger partial charge on any atom is -0.478 e. The van der Waals surface area contributed by atoms with Crippen molar-refractivity contribution < 1.29 is 23.4 Å². The zero-order valence-electron chi connectivity index (χ0n) is 10.5. The molecule has 0 fully saturated rings. The van der Waals surface area contributed by atoms with Gasteiger partial charge < -0.3 is 9.84 Å². The van der Waals surface area contributed by atoms with Crippen LogP contribution in [0, 0.1) is 6.92 Å². The highest BCUT2D eigenvalue weighted by Gasteiger charge is 2.11. The molecule has 0 aliphatic heterocycles. The van der Waals surface area contributed by atoms with Gasteiger partial charge in [0.1, 0.15) is 5.75 Å². The van der Waals surface area contributed by atoms with Crippen molar-refractivity contribution in [1.82, 2.24) is 4.98 Å². The molecule has 1 aromatic carbocycles. The van der Waals surface area contributed by atoms with Gasteiger partial charge >= 0.3 is 12.6 Å². The fraction of sp³-hybridized carbons (Fsp3) is 0.143. The van der Waals surface area contributed by atoms with E-state index in [1.54, 1.807) is 19.1 Å². The van der Waals surface area contributed by atoms with E-state index in [-0.39, 0.29) is 11.3 Å². The molecule has 0 radical (unpaired) electrons. The van der Waals surface area contributed by atoms with Crippen molar-refractivity contribution in [2.75, 3.05) is 0 Å². The fourth-order valence-electron chi connectivity index (χ4n) is 1.78. The minimum absolute atomic E-state index is 0.0271. The molecular weight excluding hydrogens is 268 g/mol. The van der Waals surface area contributed by atoms with Gasteiger partial charge in [0, 0.05) is 5.56 Å². The number of aromatic carboxylic acids is 1. The Labute approximate surface area is 113 Å². The highest BCUT2D eigenvalue weighted by molar-refractivity contribution is 5.89. The number of carboxylic acid groups (broad SMARTS) is 1. The third-order valence-electron chi connectivity index (χ3n) is 2.67. The molecule has 0 aliphatic rings. The van der Waals surface area contributed by atoms with E-state index in [2.05, 4.69) is 9.72 Å². The van der Waals surface area contributed by atoms with Crippen molar-refractivity contribution in [2.45, 2.75) is 13.5 Å². The van der Waals surface area contributed by atoms with Gasteiger partial charge in [-0.2, -0.15) is 8.78 Å². The summed E-state index contributed by atoms with van der Waals surface area (Å²) in [6.07, 6.45) is 0. The van der Waals surface area contributed by atoms with Crippen LogP contribution in [0.3, 0.4) is 0 Å². The number of nitrogens with zero attached hydrogens (tertiary/aromatic N) is 1. The van der Waals surface area contributed by atoms with Gasteiger partial charge in [0.15, 0.2) is 0 Å². The first kappa shape index (κ1) is 13.9. The Bertz CT molecular complexity index is 644. The molecule has 104 valence electrons. The van der Waals surface area contributed by atoms with Crippen molar-refractivity contribution in [2.24, 2.45) is 0 Å². The molecule has 2 aromatic rings. The first-order chi connectivity index (χ1) is 9.47. The number of hydrogen-bond donors (Lipinski definition) is 1. The number of carbonyl (C=O) groups is 1. The number of rotatable bonds is 4. The van der Waals surface area contributed by atoms with Crippen LogP contribution in [-0.4, -0.2) is 22.7 Å². The second-order valence-electron chi connectivity index (χ2n) is 4.04. The van der Waals surface area contributed by atoms with Gasteiger partial charge in [0.05, 0.1) is 17.0 Å². The number of alkyl halides is 2. The number of halogens is 2. The second kappa shape index (κ2) is 5.64. The lowest BCUT2D eigenvalue weighted by Gasteiger charge is -2.08. The van der Waals surface area contributed by atoms with E-state index in [0.717, 1.165) is 0 Å². The molecule has 0 spiro atoms. The first-order valence-electron chi connectivity index (χ1n) is 5.73. The maximum Gasteiger partial charge on any atom is 0.387 e. The lowest BCUT2D eigenvalue weighted by atomic mass is 10.1. The SMILES string of the molecule is Cc1nc(-c2cccc(OC(F)F)c2)ccc1C(=O)O. The molecule has 0 atom stereocenters. The predicted molar refractivity (Wildman–Crippen MR) is 68.0 cm³/mol. The largest absolute Gasteiger partial charge is 0.478 e. The van der Waals surface area contributed by atoms with Crippen molar-refractivity contribution in [3.05, 3.63) is 47.7 Å². The molecule has 1 heterocycles. The third-order valence-corrected chi connectivity index (χ3v) is 2.67. The number of benzene rings is 1. The van der Waals surface area contributed by atoms with Gasteiger partial charge in [-0.25, -0.2) is 4.79 Å². The summed E-state index contributed by atoms with van der Waals surface area (Å²) >= 11 is 0. The Morgan fingerprint density at radius 3 is 2.65 bits per heavy atom. The summed E-state index contributed by atoms with van der Waals surface area (Å²) in [4.78, 5) is 15.1.